The van der Waals surface area contributed by atoms with E-state index in [0.717, 1.165) is 64.2 Å². The molecule has 2 fully saturated rings. The molecule has 15 nitrogen and oxygen atoms in total. The number of rotatable bonds is 36. The predicted molar refractivity (Wildman–Crippen MR) is 252 cm³/mol. The molecule has 378 valence electrons. The van der Waals surface area contributed by atoms with Crippen LogP contribution in [0.2, 0.25) is 0 Å². The van der Waals surface area contributed by atoms with E-state index in [1.165, 1.54) is 32.1 Å². The van der Waals surface area contributed by atoms with Crippen LogP contribution < -0.4 is 0 Å². The van der Waals surface area contributed by atoms with Gasteiger partial charge in [-0.1, -0.05) is 132 Å². The molecule has 0 aromatic carbocycles. The van der Waals surface area contributed by atoms with Gasteiger partial charge >= 0.3 is 11.9 Å². The first-order chi connectivity index (χ1) is 32.0. The van der Waals surface area contributed by atoms with Gasteiger partial charge in [-0.25, -0.2) is 0 Å². The lowest BCUT2D eigenvalue weighted by Crippen LogP contribution is -2.61. The third-order valence-corrected chi connectivity index (χ3v) is 11.2. The van der Waals surface area contributed by atoms with E-state index < -0.39 is 99.3 Å². The van der Waals surface area contributed by atoms with E-state index >= 15 is 0 Å². The summed E-state index contributed by atoms with van der Waals surface area (Å²) < 4.78 is 33.4. The average Bonchev–Trinajstić information content (AvgIpc) is 3.31. The molecule has 4 unspecified atom stereocenters. The zero-order valence-corrected chi connectivity index (χ0v) is 39.6. The van der Waals surface area contributed by atoms with Crippen molar-refractivity contribution in [3.63, 3.8) is 0 Å². The standard InChI is InChI=1S/C51H84O15/c1-3-5-7-9-11-13-15-16-17-18-19-20-21-22-24-26-28-30-32-34-43(54)64-39(36-61-42(53)33-31-29-27-25-23-14-12-10-8-6-4-2)37-62-50-49(60)47(58)45(56)41(66-50)38-63-51-48(59)46(57)44(55)40(35-52)65-51/h10-13,16-17,19-20,22,24,28,30,39-41,44-52,55-60H,3-9,14-15,18,21,23,25-27,29,31-38H2,1-2H3/b12-10+,13-11+,17-16+,20-19+,24-22+,30-28+/t39-,40+,41+,44-,45-,46?,47?,48?,49?,50+,51+/m1/s1. The molecule has 2 aliphatic rings. The second-order valence-electron chi connectivity index (χ2n) is 16.9. The van der Waals surface area contributed by atoms with Crippen molar-refractivity contribution < 1.29 is 73.8 Å². The van der Waals surface area contributed by atoms with Crippen LogP contribution in [0.25, 0.3) is 0 Å². The number of carbonyl (C=O) groups is 2. The van der Waals surface area contributed by atoms with Crippen molar-refractivity contribution in [1.82, 2.24) is 0 Å². The quantitative estimate of drug-likeness (QED) is 0.0209. The minimum Gasteiger partial charge on any atom is -0.462 e. The molecule has 0 aromatic rings. The second-order valence-corrected chi connectivity index (χ2v) is 16.9. The summed E-state index contributed by atoms with van der Waals surface area (Å²) in [5.41, 5.74) is 0. The van der Waals surface area contributed by atoms with Crippen molar-refractivity contribution in [2.45, 2.75) is 210 Å². The fourth-order valence-corrected chi connectivity index (χ4v) is 7.06. The first-order valence-corrected chi connectivity index (χ1v) is 24.5. The Hall–Kier alpha value is -3.06. The number of allylic oxidation sites excluding steroid dienone is 12. The molecule has 0 amide bonds. The van der Waals surface area contributed by atoms with Crippen LogP contribution >= 0.6 is 0 Å². The van der Waals surface area contributed by atoms with E-state index in [0.29, 0.717) is 19.3 Å². The zero-order chi connectivity index (χ0) is 48.2. The number of esters is 2. The molecule has 0 radical (unpaired) electrons. The molecule has 2 saturated heterocycles. The van der Waals surface area contributed by atoms with E-state index in [1.807, 2.05) is 12.2 Å². The Morgan fingerprint density at radius 3 is 1.55 bits per heavy atom. The summed E-state index contributed by atoms with van der Waals surface area (Å²) in [5, 5.41) is 71.9. The zero-order valence-electron chi connectivity index (χ0n) is 39.6. The van der Waals surface area contributed by atoms with E-state index in [1.54, 1.807) is 0 Å². The van der Waals surface area contributed by atoms with Crippen LogP contribution in [0.15, 0.2) is 72.9 Å². The molecular weight excluding hydrogens is 853 g/mol. The van der Waals surface area contributed by atoms with Crippen molar-refractivity contribution in [3.05, 3.63) is 72.9 Å². The highest BCUT2D eigenvalue weighted by Crippen LogP contribution is 2.26. The summed E-state index contributed by atoms with van der Waals surface area (Å²) in [6.45, 7) is 2.40. The van der Waals surface area contributed by atoms with E-state index in [9.17, 15) is 45.3 Å². The lowest BCUT2D eigenvalue weighted by molar-refractivity contribution is -0.332. The third kappa shape index (κ3) is 25.9. The molecule has 2 heterocycles. The smallest absolute Gasteiger partial charge is 0.306 e. The maximum atomic E-state index is 12.9. The summed E-state index contributed by atoms with van der Waals surface area (Å²) in [7, 11) is 0. The molecule has 2 rings (SSSR count). The summed E-state index contributed by atoms with van der Waals surface area (Å²) in [6.07, 6.45) is 26.7. The highest BCUT2D eigenvalue weighted by Gasteiger charge is 2.47. The van der Waals surface area contributed by atoms with Crippen molar-refractivity contribution in [2.75, 3.05) is 26.4 Å². The molecule has 0 aromatic heterocycles. The van der Waals surface area contributed by atoms with Gasteiger partial charge < -0.3 is 64.2 Å². The van der Waals surface area contributed by atoms with Gasteiger partial charge in [-0.3, -0.25) is 9.59 Å². The normalized spacial score (nSPS) is 26.8. The van der Waals surface area contributed by atoms with Crippen molar-refractivity contribution >= 4 is 11.9 Å². The monoisotopic (exact) mass is 937 g/mol. The molecule has 0 aliphatic carbocycles. The van der Waals surface area contributed by atoms with Crippen LogP contribution in [0.1, 0.15) is 142 Å². The van der Waals surface area contributed by atoms with Gasteiger partial charge in [0.05, 0.1) is 19.8 Å². The van der Waals surface area contributed by atoms with Crippen LogP contribution in [-0.4, -0.2) is 142 Å². The first kappa shape index (κ1) is 59.1. The molecule has 0 spiro atoms. The largest absolute Gasteiger partial charge is 0.462 e. The maximum Gasteiger partial charge on any atom is 0.306 e. The Bertz CT molecular complexity index is 1430. The Kier molecular flexibility index (Phi) is 33.9. The molecular formula is C51H84O15. The summed E-state index contributed by atoms with van der Waals surface area (Å²) in [6, 6.07) is 0. The van der Waals surface area contributed by atoms with Gasteiger partial charge in [0.15, 0.2) is 18.7 Å². The Morgan fingerprint density at radius 1 is 0.485 bits per heavy atom. The number of ether oxygens (including phenoxy) is 6. The molecule has 0 bridgehead atoms. The summed E-state index contributed by atoms with van der Waals surface area (Å²) >= 11 is 0. The highest BCUT2D eigenvalue weighted by atomic mass is 16.7. The number of hydrogen-bond acceptors (Lipinski definition) is 15. The predicted octanol–water partition coefficient (Wildman–Crippen LogP) is 6.26. The fraction of sp³-hybridized carbons (Fsp3) is 0.725. The number of carbonyl (C=O) groups excluding carboxylic acids is 2. The molecule has 11 atom stereocenters. The fourth-order valence-electron chi connectivity index (χ4n) is 7.06. The number of unbranched alkanes of at least 4 members (excludes halogenated alkanes) is 10. The summed E-state index contributed by atoms with van der Waals surface area (Å²) in [5.74, 6) is -1.04. The van der Waals surface area contributed by atoms with E-state index in [2.05, 4.69) is 74.6 Å². The van der Waals surface area contributed by atoms with Crippen LogP contribution in [0.4, 0.5) is 0 Å². The van der Waals surface area contributed by atoms with Crippen molar-refractivity contribution in [2.24, 2.45) is 0 Å². The third-order valence-electron chi connectivity index (χ3n) is 11.2. The van der Waals surface area contributed by atoms with Gasteiger partial charge in [-0.05, 0) is 70.6 Å². The average molecular weight is 937 g/mol. The number of aliphatic hydroxyl groups excluding tert-OH is 7. The molecule has 66 heavy (non-hydrogen) atoms. The molecule has 0 saturated carbocycles. The summed E-state index contributed by atoms with van der Waals surface area (Å²) in [4.78, 5) is 25.6. The highest BCUT2D eigenvalue weighted by molar-refractivity contribution is 5.70. The van der Waals surface area contributed by atoms with Crippen LogP contribution in [0, 0.1) is 0 Å². The van der Waals surface area contributed by atoms with Gasteiger partial charge in [-0.15, -0.1) is 0 Å². The van der Waals surface area contributed by atoms with Gasteiger partial charge in [-0.2, -0.15) is 0 Å². The Morgan fingerprint density at radius 2 is 0.955 bits per heavy atom. The second kappa shape index (κ2) is 37.9. The van der Waals surface area contributed by atoms with Crippen molar-refractivity contribution in [1.29, 1.82) is 0 Å². The van der Waals surface area contributed by atoms with E-state index in [-0.39, 0.29) is 19.4 Å². The SMILES string of the molecule is CCCC/C=C/CCCCCCCC(=O)OC[C@H](CO[C@H]1O[C@@H](CO[C@H]2O[C@@H](CO)[C@@H](O)C(O)C2O)[C@@H](O)C(O)C1O)OC(=O)CC/C=C/C/C=C/C/C=C/C/C=C/C/C=C/CCCCC. The van der Waals surface area contributed by atoms with Crippen LogP contribution in [0.3, 0.4) is 0 Å². The minimum atomic E-state index is -1.78. The lowest BCUT2D eigenvalue weighted by Gasteiger charge is -2.42. The molecule has 15 heteroatoms. The van der Waals surface area contributed by atoms with Crippen molar-refractivity contribution in [3.8, 4) is 0 Å². The number of hydrogen-bond donors (Lipinski definition) is 7. The van der Waals surface area contributed by atoms with Crippen LogP contribution in [-0.2, 0) is 38.0 Å². The topological polar surface area (TPSA) is 231 Å². The Labute approximate surface area is 393 Å². The van der Waals surface area contributed by atoms with Crippen LogP contribution in [0.5, 0.6) is 0 Å². The van der Waals surface area contributed by atoms with E-state index in [4.69, 9.17) is 28.4 Å². The maximum absolute atomic E-state index is 12.9. The van der Waals surface area contributed by atoms with Gasteiger partial charge in [0.2, 0.25) is 0 Å². The molecule has 7 N–H and O–H groups in total. The number of aliphatic hydroxyl groups is 7. The van der Waals surface area contributed by atoms with Gasteiger partial charge in [0.25, 0.3) is 0 Å². The van der Waals surface area contributed by atoms with Gasteiger partial charge in [0, 0.05) is 12.8 Å². The van der Waals surface area contributed by atoms with Gasteiger partial charge in [0.1, 0.15) is 55.4 Å². The minimum absolute atomic E-state index is 0.0366. The molecule has 2 aliphatic heterocycles. The first-order valence-electron chi connectivity index (χ1n) is 24.5. The Balaban J connectivity index is 1.87. The lowest BCUT2D eigenvalue weighted by atomic mass is 9.98.